The molecule has 142 valence electrons. The molecule has 1 aromatic heterocycles. The van der Waals surface area contributed by atoms with Crippen LogP contribution >= 0.6 is 0 Å². The summed E-state index contributed by atoms with van der Waals surface area (Å²) < 4.78 is 18.8. The van der Waals surface area contributed by atoms with Crippen molar-refractivity contribution in [1.82, 2.24) is 14.8 Å². The van der Waals surface area contributed by atoms with Crippen LogP contribution in [0.3, 0.4) is 0 Å². The zero-order chi connectivity index (χ0) is 18.9. The lowest BCUT2D eigenvalue weighted by molar-refractivity contribution is -0.0336. The van der Waals surface area contributed by atoms with Gasteiger partial charge < -0.3 is 9.64 Å². The van der Waals surface area contributed by atoms with Crippen molar-refractivity contribution in [3.8, 4) is 5.75 Å². The largest absolute Gasteiger partial charge is 0.494 e. The molecule has 0 unspecified atom stereocenters. The molecule has 0 saturated carbocycles. The van der Waals surface area contributed by atoms with Crippen LogP contribution in [0.2, 0.25) is 0 Å². The van der Waals surface area contributed by atoms with Gasteiger partial charge in [0.05, 0.1) is 7.11 Å². The summed E-state index contributed by atoms with van der Waals surface area (Å²) in [6, 6.07) is 8.70. The Morgan fingerprint density at radius 1 is 1.19 bits per heavy atom. The Hall–Kier alpha value is -2.47. The SMILES string of the molecule is COc1ccc(CN2CCC3(CC2)CN(C(=O)c2ccncc2)C3)cc1F. The van der Waals surface area contributed by atoms with Crippen molar-refractivity contribution in [1.29, 1.82) is 0 Å². The van der Waals surface area contributed by atoms with E-state index in [4.69, 9.17) is 4.74 Å². The first-order valence-corrected chi connectivity index (χ1v) is 9.33. The van der Waals surface area contributed by atoms with Gasteiger partial charge in [0.25, 0.3) is 5.91 Å². The number of aromatic nitrogens is 1. The number of hydrogen-bond donors (Lipinski definition) is 0. The smallest absolute Gasteiger partial charge is 0.254 e. The van der Waals surface area contributed by atoms with E-state index in [-0.39, 0.29) is 22.9 Å². The highest BCUT2D eigenvalue weighted by atomic mass is 19.1. The van der Waals surface area contributed by atoms with Crippen LogP contribution in [0.1, 0.15) is 28.8 Å². The highest BCUT2D eigenvalue weighted by Gasteiger charge is 2.46. The molecule has 2 fully saturated rings. The average molecular weight is 369 g/mol. The van der Waals surface area contributed by atoms with Gasteiger partial charge in [-0.2, -0.15) is 0 Å². The number of hydrogen-bond acceptors (Lipinski definition) is 4. The predicted molar refractivity (Wildman–Crippen MR) is 100 cm³/mol. The Balaban J connectivity index is 1.29. The van der Waals surface area contributed by atoms with Crippen LogP contribution in [0.25, 0.3) is 0 Å². The van der Waals surface area contributed by atoms with Gasteiger partial charge in [-0.05, 0) is 55.8 Å². The van der Waals surface area contributed by atoms with Crippen LogP contribution in [-0.2, 0) is 6.54 Å². The molecule has 5 nitrogen and oxygen atoms in total. The number of halogens is 1. The summed E-state index contributed by atoms with van der Waals surface area (Å²) in [6.07, 6.45) is 5.46. The van der Waals surface area contributed by atoms with Crippen LogP contribution in [0.15, 0.2) is 42.7 Å². The molecule has 3 heterocycles. The minimum absolute atomic E-state index is 0.0964. The van der Waals surface area contributed by atoms with Crippen molar-refractivity contribution in [3.63, 3.8) is 0 Å². The monoisotopic (exact) mass is 369 g/mol. The first-order valence-electron chi connectivity index (χ1n) is 9.33. The molecule has 0 aliphatic carbocycles. The van der Waals surface area contributed by atoms with Crippen molar-refractivity contribution in [3.05, 3.63) is 59.7 Å². The second-order valence-electron chi connectivity index (χ2n) is 7.64. The highest BCUT2D eigenvalue weighted by molar-refractivity contribution is 5.94. The number of carbonyl (C=O) groups excluding carboxylic acids is 1. The molecule has 0 radical (unpaired) electrons. The van der Waals surface area contributed by atoms with Crippen molar-refractivity contribution in [2.75, 3.05) is 33.3 Å². The molecular formula is C21H24FN3O2. The molecular weight excluding hydrogens is 345 g/mol. The molecule has 2 aliphatic rings. The van der Waals surface area contributed by atoms with Gasteiger partial charge in [-0.3, -0.25) is 14.7 Å². The summed E-state index contributed by atoms with van der Waals surface area (Å²) in [5, 5.41) is 0. The van der Waals surface area contributed by atoms with E-state index in [1.54, 1.807) is 36.7 Å². The third-order valence-electron chi connectivity index (χ3n) is 5.81. The Kier molecular flexibility index (Phi) is 4.83. The second kappa shape index (κ2) is 7.27. The maximum atomic E-state index is 13.9. The average Bonchev–Trinajstić information content (AvgIpc) is 2.67. The van der Waals surface area contributed by atoms with E-state index >= 15 is 0 Å². The van der Waals surface area contributed by atoms with Gasteiger partial charge in [-0.1, -0.05) is 6.07 Å². The maximum Gasteiger partial charge on any atom is 0.254 e. The number of rotatable bonds is 4. The minimum atomic E-state index is -0.312. The molecule has 1 amide bonds. The number of carbonyl (C=O) groups is 1. The summed E-state index contributed by atoms with van der Waals surface area (Å²) in [7, 11) is 1.48. The van der Waals surface area contributed by atoms with E-state index < -0.39 is 0 Å². The lowest BCUT2D eigenvalue weighted by Crippen LogP contribution is -2.61. The number of ether oxygens (including phenoxy) is 1. The molecule has 1 aromatic carbocycles. The summed E-state index contributed by atoms with van der Waals surface area (Å²) in [6.45, 7) is 4.37. The first kappa shape index (κ1) is 17.9. The quantitative estimate of drug-likeness (QED) is 0.831. The number of piperidine rings is 1. The van der Waals surface area contributed by atoms with E-state index in [9.17, 15) is 9.18 Å². The fourth-order valence-corrected chi connectivity index (χ4v) is 4.15. The van der Waals surface area contributed by atoms with E-state index in [2.05, 4.69) is 9.88 Å². The van der Waals surface area contributed by atoms with Crippen LogP contribution in [0, 0.1) is 11.2 Å². The molecule has 2 saturated heterocycles. The summed E-state index contributed by atoms with van der Waals surface area (Å²) in [5.41, 5.74) is 1.93. The standard InChI is InChI=1S/C21H24FN3O2/c1-27-19-3-2-16(12-18(19)22)13-24-10-6-21(7-11-24)14-25(15-21)20(26)17-4-8-23-9-5-17/h2-5,8-9,12H,6-7,10-11,13-15H2,1H3. The van der Waals surface area contributed by atoms with E-state index in [1.807, 2.05) is 11.0 Å². The molecule has 4 rings (SSSR count). The van der Waals surface area contributed by atoms with Gasteiger partial charge in [0.15, 0.2) is 11.6 Å². The predicted octanol–water partition coefficient (Wildman–Crippen LogP) is 2.97. The zero-order valence-corrected chi connectivity index (χ0v) is 15.5. The molecule has 6 heteroatoms. The molecule has 0 atom stereocenters. The topological polar surface area (TPSA) is 45.7 Å². The highest BCUT2D eigenvalue weighted by Crippen LogP contribution is 2.41. The van der Waals surface area contributed by atoms with Crippen LogP contribution in [0.4, 0.5) is 4.39 Å². The van der Waals surface area contributed by atoms with Crippen molar-refractivity contribution in [2.24, 2.45) is 5.41 Å². The Morgan fingerprint density at radius 2 is 1.89 bits per heavy atom. The van der Waals surface area contributed by atoms with Crippen LogP contribution in [0.5, 0.6) is 5.75 Å². The fraction of sp³-hybridized carbons (Fsp3) is 0.429. The van der Waals surface area contributed by atoms with Gasteiger partial charge in [0.1, 0.15) is 0 Å². The normalized spacial score (nSPS) is 19.0. The molecule has 0 N–H and O–H groups in total. The number of amides is 1. The van der Waals surface area contributed by atoms with Crippen LogP contribution in [-0.4, -0.2) is 54.0 Å². The summed E-state index contributed by atoms with van der Waals surface area (Å²) in [5.74, 6) is 0.0664. The Morgan fingerprint density at radius 3 is 2.52 bits per heavy atom. The van der Waals surface area contributed by atoms with Gasteiger partial charge in [0.2, 0.25) is 0 Å². The van der Waals surface area contributed by atoms with Gasteiger partial charge in [0, 0.05) is 43.0 Å². The second-order valence-corrected chi connectivity index (χ2v) is 7.64. The van der Waals surface area contributed by atoms with Gasteiger partial charge in [-0.15, -0.1) is 0 Å². The summed E-state index contributed by atoms with van der Waals surface area (Å²) >= 11 is 0. The maximum absolute atomic E-state index is 13.9. The molecule has 1 spiro atoms. The van der Waals surface area contributed by atoms with Gasteiger partial charge >= 0.3 is 0 Å². The molecule has 27 heavy (non-hydrogen) atoms. The van der Waals surface area contributed by atoms with Gasteiger partial charge in [-0.25, -0.2) is 4.39 Å². The fourth-order valence-electron chi connectivity index (χ4n) is 4.15. The number of benzene rings is 1. The minimum Gasteiger partial charge on any atom is -0.494 e. The van der Waals surface area contributed by atoms with E-state index in [0.717, 1.165) is 51.1 Å². The first-order chi connectivity index (χ1) is 13.1. The van der Waals surface area contributed by atoms with Crippen molar-refractivity contribution in [2.45, 2.75) is 19.4 Å². The lowest BCUT2D eigenvalue weighted by Gasteiger charge is -2.54. The molecule has 0 bridgehead atoms. The van der Waals surface area contributed by atoms with Crippen molar-refractivity contribution >= 4 is 5.91 Å². The lowest BCUT2D eigenvalue weighted by atomic mass is 9.71. The van der Waals surface area contributed by atoms with Crippen LogP contribution < -0.4 is 4.74 Å². The zero-order valence-electron chi connectivity index (χ0n) is 15.5. The Bertz CT molecular complexity index is 811. The number of nitrogens with zero attached hydrogens (tertiary/aromatic N) is 3. The number of pyridine rings is 1. The Labute approximate surface area is 158 Å². The number of methoxy groups -OCH3 is 1. The van der Waals surface area contributed by atoms with Crippen molar-refractivity contribution < 1.29 is 13.9 Å². The van der Waals surface area contributed by atoms with E-state index in [1.165, 1.54) is 7.11 Å². The number of likely N-dealkylation sites (tertiary alicyclic amines) is 2. The molecule has 2 aliphatic heterocycles. The van der Waals surface area contributed by atoms with E-state index in [0.29, 0.717) is 5.56 Å². The molecule has 2 aromatic rings. The third-order valence-corrected chi connectivity index (χ3v) is 5.81. The third kappa shape index (κ3) is 3.67. The summed E-state index contributed by atoms with van der Waals surface area (Å²) in [4.78, 5) is 20.7.